The number of hydrogen-bond acceptors (Lipinski definition) is 3. The first kappa shape index (κ1) is 17.2. The molecule has 0 rings (SSSR count). The zero-order valence-electron chi connectivity index (χ0n) is 10.8. The molecular weight excluding hydrogens is 187 g/mol. The summed E-state index contributed by atoms with van der Waals surface area (Å²) in [5.41, 5.74) is -1.43. The number of aliphatic hydroxyl groups excluding tert-OH is 1. The van der Waals surface area contributed by atoms with Crippen molar-refractivity contribution < 1.29 is 33.6 Å². The molecule has 0 saturated carbocycles. The van der Waals surface area contributed by atoms with Crippen molar-refractivity contribution in [2.24, 2.45) is 10.8 Å². The molecule has 0 saturated heterocycles. The summed E-state index contributed by atoms with van der Waals surface area (Å²) in [6.45, 7) is 10.0. The molecule has 0 heterocycles. The first-order valence-electron chi connectivity index (χ1n) is 4.63. The fourth-order valence-corrected chi connectivity index (χ4v) is 0.814. The predicted octanol–water partition coefficient (Wildman–Crippen LogP) is -0.875. The second-order valence-corrected chi connectivity index (χ2v) is 5.51. The van der Waals surface area contributed by atoms with Crippen LogP contribution in [0.15, 0.2) is 0 Å². The van der Waals surface area contributed by atoms with E-state index in [4.69, 9.17) is 0 Å². The summed E-state index contributed by atoms with van der Waals surface area (Å²) >= 11 is 0. The van der Waals surface area contributed by atoms with Gasteiger partial charge in [-0.1, -0.05) is 41.5 Å². The summed E-state index contributed by atoms with van der Waals surface area (Å²) in [6.07, 6.45) is -0.634. The van der Waals surface area contributed by atoms with Gasteiger partial charge in [-0.3, -0.25) is 0 Å². The summed E-state index contributed by atoms with van der Waals surface area (Å²) in [7, 11) is 0. The molecule has 0 unspecified atom stereocenters. The fraction of sp³-hybridized carbons (Fsp3) is 0.727. The van der Waals surface area contributed by atoms with Gasteiger partial charge in [0.25, 0.3) is 0 Å². The van der Waals surface area contributed by atoms with Gasteiger partial charge in [0, 0.05) is 11.6 Å². The van der Waals surface area contributed by atoms with E-state index in [-0.39, 0.29) is 18.9 Å². The molecule has 3 nitrogen and oxygen atoms in total. The minimum absolute atomic E-state index is 0. The number of carbonyl (C=O) groups excluding carboxylic acids is 2. The molecule has 0 aromatic heterocycles. The molecule has 0 atom stereocenters. The molecule has 0 aromatic carbocycles. The summed E-state index contributed by atoms with van der Waals surface area (Å²) in [4.78, 5) is 23.1. The second kappa shape index (κ2) is 5.20. The molecule has 0 spiro atoms. The molecule has 0 radical (unpaired) electrons. The van der Waals surface area contributed by atoms with E-state index in [2.05, 4.69) is 0 Å². The SMILES string of the molecule is CC(C)(C)C(=O)[C-](O)C(=O)C(C)(C)C.[Li+]. The van der Waals surface area contributed by atoms with E-state index in [1.54, 1.807) is 41.5 Å². The molecule has 0 aromatic rings. The quantitative estimate of drug-likeness (QED) is 0.363. The Morgan fingerprint density at radius 3 is 1.20 bits per heavy atom. The largest absolute Gasteiger partial charge is 1.00 e. The Morgan fingerprint density at radius 1 is 0.867 bits per heavy atom. The third-order valence-corrected chi connectivity index (χ3v) is 1.79. The van der Waals surface area contributed by atoms with Gasteiger partial charge in [-0.25, -0.2) is 0 Å². The third kappa shape index (κ3) is 4.88. The maximum absolute atomic E-state index is 11.5. The molecule has 0 aliphatic heterocycles. The number of carbonyl (C=O) groups is 2. The van der Waals surface area contributed by atoms with Crippen LogP contribution in [-0.4, -0.2) is 16.7 Å². The fourth-order valence-electron chi connectivity index (χ4n) is 0.814. The summed E-state index contributed by atoms with van der Waals surface area (Å²) < 4.78 is 0. The number of hydrogen-bond donors (Lipinski definition) is 1. The molecule has 15 heavy (non-hydrogen) atoms. The summed E-state index contributed by atoms with van der Waals surface area (Å²) in [5, 5.41) is 9.48. The van der Waals surface area contributed by atoms with Gasteiger partial charge in [0.1, 0.15) is 0 Å². The number of rotatable bonds is 2. The first-order chi connectivity index (χ1) is 5.98. The minimum atomic E-state index is -0.717. The Bertz CT molecular complexity index is 220. The average molecular weight is 206 g/mol. The van der Waals surface area contributed by atoms with Crippen LogP contribution in [0.5, 0.6) is 0 Å². The standard InChI is InChI=1S/C11H19O3.Li/c1-10(2,3)8(13)7(12)9(14)11(4,5)6;/h12H,1-6H3;/q-1;+1. The first-order valence-corrected chi connectivity index (χ1v) is 4.63. The average Bonchev–Trinajstić information content (AvgIpc) is 1.97. The van der Waals surface area contributed by atoms with E-state index in [1.165, 1.54) is 0 Å². The van der Waals surface area contributed by atoms with Crippen LogP contribution in [0.4, 0.5) is 0 Å². The topological polar surface area (TPSA) is 54.4 Å². The molecule has 0 bridgehead atoms. The van der Waals surface area contributed by atoms with Gasteiger partial charge in [0.2, 0.25) is 0 Å². The van der Waals surface area contributed by atoms with Crippen LogP contribution in [0.2, 0.25) is 0 Å². The third-order valence-electron chi connectivity index (χ3n) is 1.79. The van der Waals surface area contributed by atoms with Gasteiger partial charge in [0.05, 0.1) is 0 Å². The summed E-state index contributed by atoms with van der Waals surface area (Å²) in [5.74, 6) is -1.00. The van der Waals surface area contributed by atoms with Gasteiger partial charge in [-0.05, 0) is 10.8 Å². The van der Waals surface area contributed by atoms with Crippen molar-refractivity contribution in [1.29, 1.82) is 0 Å². The van der Waals surface area contributed by atoms with Crippen LogP contribution in [0.1, 0.15) is 41.5 Å². The summed E-state index contributed by atoms with van der Waals surface area (Å²) in [6, 6.07) is 0. The molecular formula is C11H19LiO3. The predicted molar refractivity (Wildman–Crippen MR) is 54.1 cm³/mol. The van der Waals surface area contributed by atoms with Gasteiger partial charge in [-0.2, -0.15) is 0 Å². The van der Waals surface area contributed by atoms with E-state index >= 15 is 0 Å². The number of Topliss-reactive ketones (excluding diaryl/α,β-unsaturated/α-hetero) is 2. The zero-order valence-corrected chi connectivity index (χ0v) is 10.8. The van der Waals surface area contributed by atoms with Crippen LogP contribution < -0.4 is 18.9 Å². The van der Waals surface area contributed by atoms with Gasteiger partial charge in [-0.15, -0.1) is 6.10 Å². The normalized spacial score (nSPS) is 11.7. The molecule has 0 aliphatic rings. The molecule has 0 fully saturated rings. The van der Waals surface area contributed by atoms with Gasteiger partial charge >= 0.3 is 18.9 Å². The van der Waals surface area contributed by atoms with E-state index in [0.717, 1.165) is 0 Å². The molecule has 0 amide bonds. The van der Waals surface area contributed by atoms with Crippen molar-refractivity contribution in [2.75, 3.05) is 0 Å². The number of aliphatic hydroxyl groups is 1. The van der Waals surface area contributed by atoms with Crippen LogP contribution in [0.25, 0.3) is 0 Å². The molecule has 0 aliphatic carbocycles. The van der Waals surface area contributed by atoms with Crippen molar-refractivity contribution in [3.8, 4) is 0 Å². The van der Waals surface area contributed by atoms with Crippen molar-refractivity contribution >= 4 is 11.6 Å². The Hall–Kier alpha value is -0.233. The van der Waals surface area contributed by atoms with E-state index in [9.17, 15) is 14.7 Å². The molecule has 82 valence electrons. The van der Waals surface area contributed by atoms with E-state index in [0.29, 0.717) is 0 Å². The maximum Gasteiger partial charge on any atom is 1.00 e. The second-order valence-electron chi connectivity index (χ2n) is 5.51. The Balaban J connectivity index is 0. The molecule has 4 heteroatoms. The van der Waals surface area contributed by atoms with Crippen molar-refractivity contribution in [3.05, 3.63) is 6.10 Å². The van der Waals surface area contributed by atoms with Crippen LogP contribution >= 0.6 is 0 Å². The van der Waals surface area contributed by atoms with E-state index in [1.807, 2.05) is 0 Å². The zero-order chi connectivity index (χ0) is 11.7. The smallest absolute Gasteiger partial charge is 0.530 e. The Morgan fingerprint density at radius 2 is 1.07 bits per heavy atom. The van der Waals surface area contributed by atoms with Crippen LogP contribution in [-0.2, 0) is 9.59 Å². The number of ketones is 2. The maximum atomic E-state index is 11.5. The van der Waals surface area contributed by atoms with Crippen LogP contribution in [0, 0.1) is 16.9 Å². The van der Waals surface area contributed by atoms with Gasteiger partial charge < -0.3 is 14.7 Å². The monoisotopic (exact) mass is 206 g/mol. The van der Waals surface area contributed by atoms with Crippen LogP contribution in [0.3, 0.4) is 0 Å². The Kier molecular flexibility index (Phi) is 5.96. The Labute approximate surface area is 104 Å². The van der Waals surface area contributed by atoms with Crippen molar-refractivity contribution in [2.45, 2.75) is 41.5 Å². The van der Waals surface area contributed by atoms with Gasteiger partial charge in [0.15, 0.2) is 0 Å². The van der Waals surface area contributed by atoms with Crippen molar-refractivity contribution in [3.63, 3.8) is 0 Å². The molecule has 1 N–H and O–H groups in total. The van der Waals surface area contributed by atoms with E-state index < -0.39 is 28.5 Å². The minimum Gasteiger partial charge on any atom is -0.530 e. The van der Waals surface area contributed by atoms with Crippen molar-refractivity contribution in [1.82, 2.24) is 0 Å².